The quantitative estimate of drug-likeness (QED) is 0.757. The molecular formula is C16H21NO. The molecule has 0 amide bonds. The fourth-order valence-corrected chi connectivity index (χ4v) is 4.87. The molecule has 1 aromatic rings. The molecule has 0 radical (unpaired) electrons. The molecule has 1 saturated heterocycles. The van der Waals surface area contributed by atoms with E-state index in [1.165, 1.54) is 44.3 Å². The zero-order valence-corrected chi connectivity index (χ0v) is 11.0. The van der Waals surface area contributed by atoms with Gasteiger partial charge in [-0.3, -0.25) is 0 Å². The molecule has 1 N–H and O–H groups in total. The molecule has 2 nitrogen and oxygen atoms in total. The lowest BCUT2D eigenvalue weighted by molar-refractivity contribution is 0.0469. The highest BCUT2D eigenvalue weighted by Gasteiger charge is 2.52. The summed E-state index contributed by atoms with van der Waals surface area (Å²) in [5.41, 5.74) is 3.47. The van der Waals surface area contributed by atoms with E-state index in [1.807, 2.05) is 12.1 Å². The second-order valence-electron chi connectivity index (χ2n) is 6.61. The largest absolute Gasteiger partial charge is 0.508 e. The van der Waals surface area contributed by atoms with E-state index in [9.17, 15) is 5.11 Å². The second kappa shape index (κ2) is 3.51. The van der Waals surface area contributed by atoms with Crippen LogP contribution in [-0.4, -0.2) is 30.1 Å². The average Bonchev–Trinajstić information content (AvgIpc) is 2.38. The first kappa shape index (κ1) is 10.9. The summed E-state index contributed by atoms with van der Waals surface area (Å²) in [6.45, 7) is 2.48. The third-order valence-electron chi connectivity index (χ3n) is 5.77. The maximum Gasteiger partial charge on any atom is 0.115 e. The summed E-state index contributed by atoms with van der Waals surface area (Å²) in [5.74, 6) is 1.99. The Kier molecular flexibility index (Phi) is 2.12. The molecule has 96 valence electrons. The first-order valence-electron chi connectivity index (χ1n) is 7.21. The van der Waals surface area contributed by atoms with Crippen molar-refractivity contribution in [2.24, 2.45) is 5.92 Å². The molecule has 4 aliphatic rings. The smallest absolute Gasteiger partial charge is 0.115 e. The van der Waals surface area contributed by atoms with Crippen LogP contribution in [0.2, 0.25) is 0 Å². The lowest BCUT2D eigenvalue weighted by atomic mass is 9.50. The van der Waals surface area contributed by atoms with Crippen molar-refractivity contribution in [1.29, 1.82) is 0 Å². The summed E-state index contributed by atoms with van der Waals surface area (Å²) in [4.78, 5) is 2.50. The summed E-state index contributed by atoms with van der Waals surface area (Å²) >= 11 is 0. The number of nitrogens with zero attached hydrogens (tertiary/aromatic N) is 1. The van der Waals surface area contributed by atoms with Crippen molar-refractivity contribution in [3.8, 4) is 5.75 Å². The standard InChI is InChI=1S/C16H21NO/c1-17-7-6-16-5-4-11(8-12(16)10-17)14-9-13(18)2-3-15(14)16/h2-3,9,11-12,18H,4-8,10H2,1H3/t11-,12+,16-/m1/s1. The highest BCUT2D eigenvalue weighted by molar-refractivity contribution is 5.47. The topological polar surface area (TPSA) is 23.5 Å². The number of phenols is 1. The first-order valence-corrected chi connectivity index (χ1v) is 7.21. The molecule has 3 aliphatic carbocycles. The number of phenolic OH excluding ortho intramolecular Hbond substituents is 1. The van der Waals surface area contributed by atoms with Gasteiger partial charge in [0.1, 0.15) is 5.75 Å². The van der Waals surface area contributed by atoms with Crippen LogP contribution in [-0.2, 0) is 5.41 Å². The Hall–Kier alpha value is -1.02. The number of hydrogen-bond donors (Lipinski definition) is 1. The van der Waals surface area contributed by atoms with Crippen molar-refractivity contribution < 1.29 is 5.11 Å². The fraction of sp³-hybridized carbons (Fsp3) is 0.625. The molecule has 18 heavy (non-hydrogen) atoms. The van der Waals surface area contributed by atoms with E-state index in [0.717, 1.165) is 5.92 Å². The molecule has 2 heteroatoms. The van der Waals surface area contributed by atoms with E-state index in [1.54, 1.807) is 5.56 Å². The van der Waals surface area contributed by atoms with Gasteiger partial charge in [0, 0.05) is 12.0 Å². The zero-order chi connectivity index (χ0) is 12.3. The average molecular weight is 243 g/mol. The lowest BCUT2D eigenvalue weighted by Gasteiger charge is -2.57. The Morgan fingerprint density at radius 1 is 1.33 bits per heavy atom. The Balaban J connectivity index is 1.87. The number of aromatic hydroxyl groups is 1. The summed E-state index contributed by atoms with van der Waals surface area (Å²) in [6.07, 6.45) is 5.34. The molecule has 3 atom stereocenters. The van der Waals surface area contributed by atoms with Crippen molar-refractivity contribution in [1.82, 2.24) is 4.90 Å². The minimum atomic E-state index is 0.435. The number of benzene rings is 1. The predicted octanol–water partition coefficient (Wildman–Crippen LogP) is 2.86. The number of piperidine rings is 1. The molecule has 1 saturated carbocycles. The Morgan fingerprint density at radius 2 is 2.22 bits per heavy atom. The summed E-state index contributed by atoms with van der Waals surface area (Å²) in [5, 5.41) is 9.74. The zero-order valence-electron chi connectivity index (χ0n) is 11.0. The van der Waals surface area contributed by atoms with Gasteiger partial charge in [0.25, 0.3) is 0 Å². The van der Waals surface area contributed by atoms with Crippen LogP contribution in [0.25, 0.3) is 0 Å². The minimum absolute atomic E-state index is 0.435. The van der Waals surface area contributed by atoms with Crippen LogP contribution < -0.4 is 0 Å². The van der Waals surface area contributed by atoms with Gasteiger partial charge in [0.05, 0.1) is 0 Å². The number of fused-ring (bicyclic) bond motifs is 1. The number of hydrogen-bond acceptors (Lipinski definition) is 2. The van der Waals surface area contributed by atoms with E-state index in [4.69, 9.17) is 0 Å². The van der Waals surface area contributed by atoms with Gasteiger partial charge in [-0.25, -0.2) is 0 Å². The van der Waals surface area contributed by atoms with Gasteiger partial charge in [-0.2, -0.15) is 0 Å². The minimum Gasteiger partial charge on any atom is -0.508 e. The van der Waals surface area contributed by atoms with Gasteiger partial charge in [0.15, 0.2) is 0 Å². The van der Waals surface area contributed by atoms with Gasteiger partial charge in [-0.05, 0) is 74.4 Å². The van der Waals surface area contributed by atoms with Gasteiger partial charge in [-0.15, -0.1) is 0 Å². The molecule has 2 bridgehead atoms. The van der Waals surface area contributed by atoms with Crippen molar-refractivity contribution in [3.05, 3.63) is 29.3 Å². The Bertz CT molecular complexity index is 498. The third kappa shape index (κ3) is 1.27. The normalized spacial score (nSPS) is 38.3. The van der Waals surface area contributed by atoms with Crippen LogP contribution in [0.3, 0.4) is 0 Å². The maximum atomic E-state index is 9.74. The van der Waals surface area contributed by atoms with Crippen molar-refractivity contribution in [3.63, 3.8) is 0 Å². The Labute approximate surface area is 109 Å². The molecule has 0 unspecified atom stereocenters. The maximum absolute atomic E-state index is 9.74. The van der Waals surface area contributed by atoms with E-state index >= 15 is 0 Å². The van der Waals surface area contributed by atoms with Crippen LogP contribution >= 0.6 is 0 Å². The van der Waals surface area contributed by atoms with Gasteiger partial charge < -0.3 is 10.0 Å². The fourth-order valence-electron chi connectivity index (χ4n) is 4.87. The summed E-state index contributed by atoms with van der Waals surface area (Å²) in [6, 6.07) is 6.15. The van der Waals surface area contributed by atoms with Gasteiger partial charge >= 0.3 is 0 Å². The van der Waals surface area contributed by atoms with Crippen LogP contribution in [0, 0.1) is 5.92 Å². The molecule has 2 fully saturated rings. The predicted molar refractivity (Wildman–Crippen MR) is 72.0 cm³/mol. The van der Waals surface area contributed by atoms with E-state index in [2.05, 4.69) is 18.0 Å². The lowest BCUT2D eigenvalue weighted by Crippen LogP contribution is -2.54. The van der Waals surface area contributed by atoms with Crippen LogP contribution in [0.5, 0.6) is 5.75 Å². The molecule has 0 aromatic heterocycles. The third-order valence-corrected chi connectivity index (χ3v) is 5.77. The van der Waals surface area contributed by atoms with Crippen molar-refractivity contribution in [2.45, 2.75) is 37.0 Å². The summed E-state index contributed by atoms with van der Waals surface area (Å²) in [7, 11) is 2.26. The number of likely N-dealkylation sites (tertiary alicyclic amines) is 1. The van der Waals surface area contributed by atoms with Crippen LogP contribution in [0.1, 0.15) is 42.7 Å². The van der Waals surface area contributed by atoms with E-state index in [-0.39, 0.29) is 0 Å². The number of rotatable bonds is 0. The van der Waals surface area contributed by atoms with Crippen LogP contribution in [0.4, 0.5) is 0 Å². The molecule has 1 heterocycles. The molecule has 1 spiro atoms. The molecule has 1 aliphatic heterocycles. The van der Waals surface area contributed by atoms with E-state index < -0.39 is 0 Å². The second-order valence-corrected chi connectivity index (χ2v) is 6.61. The Morgan fingerprint density at radius 3 is 3.11 bits per heavy atom. The monoisotopic (exact) mass is 243 g/mol. The van der Waals surface area contributed by atoms with Crippen molar-refractivity contribution in [2.75, 3.05) is 20.1 Å². The highest BCUT2D eigenvalue weighted by Crippen LogP contribution is 2.59. The molecule has 5 rings (SSSR count). The molecule has 1 aromatic carbocycles. The van der Waals surface area contributed by atoms with Crippen LogP contribution in [0.15, 0.2) is 18.2 Å². The summed E-state index contributed by atoms with van der Waals surface area (Å²) < 4.78 is 0. The molecular weight excluding hydrogens is 222 g/mol. The van der Waals surface area contributed by atoms with Gasteiger partial charge in [0.2, 0.25) is 0 Å². The first-order chi connectivity index (χ1) is 8.69. The van der Waals surface area contributed by atoms with Gasteiger partial charge in [-0.1, -0.05) is 6.07 Å². The SMILES string of the molecule is CN1CC[C@]23CC[C@H](C[C@H]2C1)c1cc(O)ccc13. The highest BCUT2D eigenvalue weighted by atomic mass is 16.3. The van der Waals surface area contributed by atoms with Crippen molar-refractivity contribution >= 4 is 0 Å². The van der Waals surface area contributed by atoms with E-state index in [0.29, 0.717) is 17.1 Å².